The Morgan fingerprint density at radius 1 is 1.04 bits per heavy atom. The molecule has 1 amide bonds. The van der Waals surface area contributed by atoms with Crippen LogP contribution in [-0.4, -0.2) is 46.1 Å². The fourth-order valence-electron chi connectivity index (χ4n) is 4.46. The summed E-state index contributed by atoms with van der Waals surface area (Å²) in [6, 6.07) is 18.6. The van der Waals surface area contributed by atoms with E-state index in [0.717, 1.165) is 31.6 Å². The number of hydrogen-bond acceptors (Lipinski definition) is 3. The molecule has 1 aromatic heterocycles. The number of rotatable bonds is 4. The van der Waals surface area contributed by atoms with Gasteiger partial charge in [0.25, 0.3) is 0 Å². The molecule has 0 saturated carbocycles. The van der Waals surface area contributed by atoms with Crippen LogP contribution in [0.15, 0.2) is 60.8 Å². The number of para-hydroxylation sites is 1. The molecule has 1 N–H and O–H groups in total. The van der Waals surface area contributed by atoms with E-state index in [9.17, 15) is 4.79 Å². The van der Waals surface area contributed by atoms with Crippen molar-refractivity contribution in [3.8, 4) is 0 Å². The Hall–Kier alpha value is -2.79. The number of aromatic amines is 1. The molecule has 5 heteroatoms. The summed E-state index contributed by atoms with van der Waals surface area (Å²) in [5.74, 6) is 0. The number of fused-ring (bicyclic) bond motifs is 1. The van der Waals surface area contributed by atoms with Gasteiger partial charge in [-0.1, -0.05) is 48.5 Å². The van der Waals surface area contributed by atoms with Gasteiger partial charge in [0.1, 0.15) is 6.61 Å². The van der Waals surface area contributed by atoms with Crippen molar-refractivity contribution in [1.82, 2.24) is 14.8 Å². The highest BCUT2D eigenvalue weighted by molar-refractivity contribution is 5.83. The average molecular weight is 361 g/mol. The number of amides is 1. The van der Waals surface area contributed by atoms with E-state index < -0.39 is 0 Å². The Balaban J connectivity index is 1.34. The van der Waals surface area contributed by atoms with Gasteiger partial charge < -0.3 is 9.72 Å². The molecule has 3 aromatic rings. The van der Waals surface area contributed by atoms with Crippen LogP contribution in [0.4, 0.5) is 4.79 Å². The molecule has 2 saturated heterocycles. The first-order valence-electron chi connectivity index (χ1n) is 9.49. The van der Waals surface area contributed by atoms with Gasteiger partial charge >= 0.3 is 6.09 Å². The second-order valence-corrected chi connectivity index (χ2v) is 7.67. The van der Waals surface area contributed by atoms with Gasteiger partial charge in [-0.2, -0.15) is 0 Å². The fraction of sp³-hybridized carbons (Fsp3) is 0.318. The topological polar surface area (TPSA) is 48.6 Å². The van der Waals surface area contributed by atoms with E-state index in [-0.39, 0.29) is 11.6 Å². The molecule has 5 rings (SSSR count). The zero-order chi connectivity index (χ0) is 18.3. The highest BCUT2D eigenvalue weighted by Gasteiger charge is 2.51. The van der Waals surface area contributed by atoms with Crippen LogP contribution in [-0.2, 0) is 17.8 Å². The molecule has 1 atom stereocenters. The summed E-state index contributed by atoms with van der Waals surface area (Å²) < 4.78 is 5.48. The number of carbonyl (C=O) groups is 1. The Kier molecular flexibility index (Phi) is 3.90. The molecular weight excluding hydrogens is 338 g/mol. The van der Waals surface area contributed by atoms with Gasteiger partial charge in [-0.25, -0.2) is 4.79 Å². The lowest BCUT2D eigenvalue weighted by Gasteiger charge is -2.32. The maximum Gasteiger partial charge on any atom is 0.410 e. The van der Waals surface area contributed by atoms with Crippen molar-refractivity contribution in [3.63, 3.8) is 0 Å². The van der Waals surface area contributed by atoms with Crippen LogP contribution in [0.3, 0.4) is 0 Å². The summed E-state index contributed by atoms with van der Waals surface area (Å²) in [7, 11) is 0. The Bertz CT molecular complexity index is 968. The van der Waals surface area contributed by atoms with Crippen LogP contribution in [0.2, 0.25) is 0 Å². The van der Waals surface area contributed by atoms with Crippen LogP contribution in [0.5, 0.6) is 0 Å². The van der Waals surface area contributed by atoms with Crippen molar-refractivity contribution in [2.75, 3.05) is 19.7 Å². The van der Waals surface area contributed by atoms with Crippen LogP contribution in [0.25, 0.3) is 10.9 Å². The van der Waals surface area contributed by atoms with Crippen molar-refractivity contribution in [2.24, 2.45) is 0 Å². The van der Waals surface area contributed by atoms with Crippen molar-refractivity contribution in [2.45, 2.75) is 25.0 Å². The van der Waals surface area contributed by atoms with Crippen LogP contribution in [0.1, 0.15) is 17.5 Å². The quantitative estimate of drug-likeness (QED) is 0.770. The predicted molar refractivity (Wildman–Crippen MR) is 104 cm³/mol. The average Bonchev–Trinajstić information content (AvgIpc) is 3.38. The number of nitrogens with zero attached hydrogens (tertiary/aromatic N) is 2. The molecular formula is C22H23N3O2. The van der Waals surface area contributed by atoms with Gasteiger partial charge in [0.15, 0.2) is 0 Å². The molecule has 2 aliphatic heterocycles. The largest absolute Gasteiger partial charge is 0.447 e. The van der Waals surface area contributed by atoms with E-state index >= 15 is 0 Å². The second kappa shape index (κ2) is 6.43. The van der Waals surface area contributed by atoms with Crippen molar-refractivity contribution >= 4 is 17.0 Å². The number of hydrogen-bond donors (Lipinski definition) is 1. The number of nitrogens with one attached hydrogen (secondary N) is 1. The second-order valence-electron chi connectivity index (χ2n) is 7.67. The normalized spacial score (nSPS) is 22.8. The summed E-state index contributed by atoms with van der Waals surface area (Å²) >= 11 is 0. The van der Waals surface area contributed by atoms with Crippen LogP contribution < -0.4 is 0 Å². The number of aromatic nitrogens is 1. The first-order valence-corrected chi connectivity index (χ1v) is 9.49. The molecule has 27 heavy (non-hydrogen) atoms. The van der Waals surface area contributed by atoms with Crippen molar-refractivity contribution < 1.29 is 9.53 Å². The molecule has 0 bridgehead atoms. The molecule has 0 radical (unpaired) electrons. The molecule has 138 valence electrons. The number of cyclic esters (lactones) is 1. The minimum Gasteiger partial charge on any atom is -0.447 e. The van der Waals surface area contributed by atoms with E-state index in [1.807, 2.05) is 23.1 Å². The van der Waals surface area contributed by atoms with Crippen LogP contribution in [0, 0.1) is 0 Å². The fourth-order valence-corrected chi connectivity index (χ4v) is 4.46. The molecule has 3 heterocycles. The number of H-pyrrole nitrogens is 1. The van der Waals surface area contributed by atoms with Gasteiger partial charge in [-0.05, 0) is 23.6 Å². The zero-order valence-corrected chi connectivity index (χ0v) is 15.2. The van der Waals surface area contributed by atoms with Crippen LogP contribution >= 0.6 is 0 Å². The minimum atomic E-state index is -0.209. The van der Waals surface area contributed by atoms with E-state index in [4.69, 9.17) is 4.74 Å². The molecule has 0 aliphatic carbocycles. The van der Waals surface area contributed by atoms with E-state index in [0.29, 0.717) is 13.2 Å². The molecule has 1 spiro atoms. The number of benzene rings is 2. The molecule has 2 aliphatic rings. The zero-order valence-electron chi connectivity index (χ0n) is 15.2. The first kappa shape index (κ1) is 16.4. The first-order chi connectivity index (χ1) is 13.2. The highest BCUT2D eigenvalue weighted by Crippen LogP contribution is 2.36. The third kappa shape index (κ3) is 2.88. The maximum atomic E-state index is 12.4. The third-order valence-corrected chi connectivity index (χ3v) is 5.92. The van der Waals surface area contributed by atoms with E-state index in [1.165, 1.54) is 16.5 Å². The highest BCUT2D eigenvalue weighted by atomic mass is 16.6. The third-order valence-electron chi connectivity index (χ3n) is 5.92. The van der Waals surface area contributed by atoms with Gasteiger partial charge in [0.2, 0.25) is 0 Å². The molecule has 2 fully saturated rings. The Morgan fingerprint density at radius 3 is 2.74 bits per heavy atom. The van der Waals surface area contributed by atoms with Gasteiger partial charge in [0, 0.05) is 43.3 Å². The number of likely N-dealkylation sites (tertiary alicyclic amines) is 1. The van der Waals surface area contributed by atoms with E-state index in [1.54, 1.807) is 0 Å². The Labute approximate surface area is 158 Å². The lowest BCUT2D eigenvalue weighted by Crippen LogP contribution is -2.48. The smallest absolute Gasteiger partial charge is 0.410 e. The SMILES string of the molecule is O=C1OCC2(CCN(Cc3c[nH]c4ccccc34)C2)N1Cc1ccccc1. The summed E-state index contributed by atoms with van der Waals surface area (Å²) in [5.41, 5.74) is 3.42. The predicted octanol–water partition coefficient (Wildman–Crippen LogP) is 3.76. The van der Waals surface area contributed by atoms with E-state index in [2.05, 4.69) is 52.5 Å². The van der Waals surface area contributed by atoms with Crippen molar-refractivity contribution in [1.29, 1.82) is 0 Å². The summed E-state index contributed by atoms with van der Waals surface area (Å²) in [5, 5.41) is 1.28. The maximum absolute atomic E-state index is 12.4. The lowest BCUT2D eigenvalue weighted by atomic mass is 9.98. The molecule has 5 nitrogen and oxygen atoms in total. The van der Waals surface area contributed by atoms with Gasteiger partial charge in [-0.15, -0.1) is 0 Å². The van der Waals surface area contributed by atoms with Gasteiger partial charge in [-0.3, -0.25) is 9.80 Å². The van der Waals surface area contributed by atoms with Gasteiger partial charge in [0.05, 0.1) is 5.54 Å². The summed E-state index contributed by atoms with van der Waals surface area (Å²) in [6.07, 6.45) is 2.87. The standard InChI is InChI=1S/C22H23N3O2/c26-21-25(13-17-6-2-1-3-7-17)22(16-27-21)10-11-24(15-22)14-18-12-23-20-9-5-4-8-19(18)20/h1-9,12,23H,10-11,13-16H2. The Morgan fingerprint density at radius 2 is 1.85 bits per heavy atom. The summed E-state index contributed by atoms with van der Waals surface area (Å²) in [6.45, 7) is 3.81. The minimum absolute atomic E-state index is 0.187. The van der Waals surface area contributed by atoms with Crippen molar-refractivity contribution in [3.05, 3.63) is 71.9 Å². The molecule has 2 aromatic carbocycles. The summed E-state index contributed by atoms with van der Waals surface area (Å²) in [4.78, 5) is 20.2. The number of carbonyl (C=O) groups excluding carboxylic acids is 1. The number of ether oxygens (including phenoxy) is 1. The molecule has 1 unspecified atom stereocenters. The monoisotopic (exact) mass is 361 g/mol. The lowest BCUT2D eigenvalue weighted by molar-refractivity contribution is 0.145.